The lowest BCUT2D eigenvalue weighted by molar-refractivity contribution is -0.138. The van der Waals surface area contributed by atoms with E-state index in [1.54, 1.807) is 0 Å². The third kappa shape index (κ3) is 3.80. The van der Waals surface area contributed by atoms with Gasteiger partial charge in [-0.1, -0.05) is 55.1 Å². The molecule has 0 aliphatic heterocycles. The fourth-order valence-corrected chi connectivity index (χ4v) is 2.28. The number of carbonyl (C=O) groups is 1. The molecule has 3 heteroatoms. The van der Waals surface area contributed by atoms with E-state index >= 15 is 0 Å². The number of rotatable bonds is 3. The van der Waals surface area contributed by atoms with E-state index < -0.39 is 5.97 Å². The predicted molar refractivity (Wildman–Crippen MR) is 82.9 cm³/mol. The van der Waals surface area contributed by atoms with Gasteiger partial charge in [-0.25, -0.2) is 4.79 Å². The smallest absolute Gasteiger partial charge is 0.330 e. The van der Waals surface area contributed by atoms with Gasteiger partial charge in [0.2, 0.25) is 0 Å². The van der Waals surface area contributed by atoms with Gasteiger partial charge in [-0.15, -0.1) is 0 Å². The lowest BCUT2D eigenvalue weighted by atomic mass is 10.1. The zero-order valence-corrected chi connectivity index (χ0v) is 11.8. The molecule has 0 bridgehead atoms. The molecule has 0 unspecified atom stereocenters. The summed E-state index contributed by atoms with van der Waals surface area (Å²) < 4.78 is 4.33. The predicted octanol–water partition coefficient (Wildman–Crippen LogP) is 2.97. The molecule has 0 fully saturated rings. The molecular weight excluding hydrogens is 264 g/mol. The van der Waals surface area contributed by atoms with Gasteiger partial charge in [0.25, 0.3) is 0 Å². The van der Waals surface area contributed by atoms with Crippen LogP contribution < -0.4 is 0 Å². The Labute approximate surface area is 124 Å². The van der Waals surface area contributed by atoms with Crippen molar-refractivity contribution in [2.75, 3.05) is 13.2 Å². The molecule has 1 N–H and O–H groups in total. The van der Waals surface area contributed by atoms with Crippen LogP contribution in [0, 0.1) is 0 Å². The number of ether oxygens (including phenoxy) is 1. The van der Waals surface area contributed by atoms with Crippen molar-refractivity contribution in [3.63, 3.8) is 0 Å². The molecule has 21 heavy (non-hydrogen) atoms. The third-order valence-corrected chi connectivity index (χ3v) is 3.21. The van der Waals surface area contributed by atoms with Gasteiger partial charge in [0.05, 0.1) is 6.61 Å². The van der Waals surface area contributed by atoms with Crippen molar-refractivity contribution in [2.24, 2.45) is 0 Å². The largest absolute Gasteiger partial charge is 0.460 e. The Hall–Kier alpha value is -2.39. The first-order valence-corrected chi connectivity index (χ1v) is 6.82. The molecule has 0 saturated carbocycles. The Balaban J connectivity index is 0.000000177. The minimum absolute atomic E-state index is 0.0465. The molecule has 1 aliphatic carbocycles. The SMILES string of the molecule is C=CC(=O)OCCO.c1ccc2c(c1)Cc1ccccc1-2. The standard InChI is InChI=1S/C13H10.C5H8O3/c1-3-7-12-10(5-1)9-11-6-2-4-8-13(11)12;1-2-5(7)8-4-3-6/h1-8H,9H2;2,6H,1,3-4H2. The number of benzene rings is 2. The minimum atomic E-state index is -0.501. The summed E-state index contributed by atoms with van der Waals surface area (Å²) in [6.07, 6.45) is 2.15. The quantitative estimate of drug-likeness (QED) is 0.593. The van der Waals surface area contributed by atoms with Crippen LogP contribution in [-0.2, 0) is 16.0 Å². The van der Waals surface area contributed by atoms with Gasteiger partial charge in [-0.3, -0.25) is 0 Å². The van der Waals surface area contributed by atoms with Crippen LogP contribution in [-0.4, -0.2) is 24.3 Å². The first-order chi connectivity index (χ1) is 10.3. The average Bonchev–Trinajstić information content (AvgIpc) is 2.92. The van der Waals surface area contributed by atoms with Crippen molar-refractivity contribution in [2.45, 2.75) is 6.42 Å². The molecule has 3 nitrogen and oxygen atoms in total. The second kappa shape index (κ2) is 7.41. The fraction of sp³-hybridized carbons (Fsp3) is 0.167. The van der Waals surface area contributed by atoms with E-state index in [0.717, 1.165) is 12.5 Å². The van der Waals surface area contributed by atoms with Gasteiger partial charge in [0, 0.05) is 6.08 Å². The highest BCUT2D eigenvalue weighted by Gasteiger charge is 2.15. The zero-order chi connectivity index (χ0) is 15.1. The number of hydrogen-bond donors (Lipinski definition) is 1. The summed E-state index contributed by atoms with van der Waals surface area (Å²) in [5.74, 6) is -0.501. The third-order valence-electron chi connectivity index (χ3n) is 3.21. The zero-order valence-electron chi connectivity index (χ0n) is 11.8. The Bertz CT molecular complexity index is 588. The maximum absolute atomic E-state index is 10.1. The summed E-state index contributed by atoms with van der Waals surface area (Å²) in [6.45, 7) is 3.06. The Morgan fingerprint density at radius 1 is 1.10 bits per heavy atom. The molecule has 0 amide bonds. The second-order valence-electron chi connectivity index (χ2n) is 4.59. The van der Waals surface area contributed by atoms with E-state index in [1.807, 2.05) is 0 Å². The molecule has 0 heterocycles. The lowest BCUT2D eigenvalue weighted by Gasteiger charge is -1.98. The van der Waals surface area contributed by atoms with Gasteiger partial charge in [-0.05, 0) is 28.7 Å². The molecule has 0 atom stereocenters. The number of aliphatic hydroxyl groups excluding tert-OH is 1. The van der Waals surface area contributed by atoms with Crippen molar-refractivity contribution >= 4 is 5.97 Å². The average molecular weight is 282 g/mol. The monoisotopic (exact) mass is 282 g/mol. The van der Waals surface area contributed by atoms with Crippen LogP contribution in [0.15, 0.2) is 61.2 Å². The van der Waals surface area contributed by atoms with Crippen molar-refractivity contribution < 1.29 is 14.6 Å². The summed E-state index contributed by atoms with van der Waals surface area (Å²) in [5.41, 5.74) is 5.75. The first kappa shape index (κ1) is 15.0. The molecule has 0 spiro atoms. The second-order valence-corrected chi connectivity index (χ2v) is 4.59. The van der Waals surface area contributed by atoms with E-state index in [4.69, 9.17) is 5.11 Å². The topological polar surface area (TPSA) is 46.5 Å². The Kier molecular flexibility index (Phi) is 5.29. The molecule has 0 aromatic heterocycles. The van der Waals surface area contributed by atoms with Crippen LogP contribution in [0.2, 0.25) is 0 Å². The summed E-state index contributed by atoms with van der Waals surface area (Å²) in [4.78, 5) is 10.1. The minimum Gasteiger partial charge on any atom is -0.460 e. The molecule has 0 radical (unpaired) electrons. The van der Waals surface area contributed by atoms with E-state index in [9.17, 15) is 4.79 Å². The maximum atomic E-state index is 10.1. The highest BCUT2D eigenvalue weighted by atomic mass is 16.5. The van der Waals surface area contributed by atoms with Gasteiger partial charge in [-0.2, -0.15) is 0 Å². The van der Waals surface area contributed by atoms with E-state index in [0.29, 0.717) is 0 Å². The fourth-order valence-electron chi connectivity index (χ4n) is 2.28. The van der Waals surface area contributed by atoms with Crippen molar-refractivity contribution in [1.29, 1.82) is 0 Å². The van der Waals surface area contributed by atoms with Gasteiger partial charge in [0.1, 0.15) is 6.61 Å². The van der Waals surface area contributed by atoms with Crippen LogP contribution in [0.3, 0.4) is 0 Å². The van der Waals surface area contributed by atoms with Crippen molar-refractivity contribution in [3.05, 3.63) is 72.3 Å². The molecule has 2 aromatic carbocycles. The molecule has 0 saturated heterocycles. The van der Waals surface area contributed by atoms with E-state index in [1.165, 1.54) is 22.3 Å². The van der Waals surface area contributed by atoms with Gasteiger partial charge >= 0.3 is 5.97 Å². The Morgan fingerprint density at radius 2 is 1.62 bits per heavy atom. The summed E-state index contributed by atoms with van der Waals surface area (Å²) in [5, 5.41) is 8.10. The van der Waals surface area contributed by atoms with Gasteiger partial charge < -0.3 is 9.84 Å². The highest BCUT2D eigenvalue weighted by molar-refractivity contribution is 5.81. The van der Waals surface area contributed by atoms with Gasteiger partial charge in [0.15, 0.2) is 0 Å². The molecule has 3 rings (SSSR count). The summed E-state index contributed by atoms with van der Waals surface area (Å²) in [6, 6.07) is 17.3. The maximum Gasteiger partial charge on any atom is 0.330 e. The molecule has 1 aliphatic rings. The van der Waals surface area contributed by atoms with E-state index in [-0.39, 0.29) is 13.2 Å². The number of hydrogen-bond acceptors (Lipinski definition) is 3. The number of esters is 1. The van der Waals surface area contributed by atoms with Crippen molar-refractivity contribution in [1.82, 2.24) is 0 Å². The normalized spacial score (nSPS) is 10.7. The highest BCUT2D eigenvalue weighted by Crippen LogP contribution is 2.35. The van der Waals surface area contributed by atoms with E-state index in [2.05, 4.69) is 59.8 Å². The summed E-state index contributed by atoms with van der Waals surface area (Å²) in [7, 11) is 0. The number of aliphatic hydroxyl groups is 1. The number of carbonyl (C=O) groups excluding carboxylic acids is 1. The Morgan fingerprint density at radius 3 is 2.10 bits per heavy atom. The van der Waals surface area contributed by atoms with Crippen LogP contribution in [0.4, 0.5) is 0 Å². The van der Waals surface area contributed by atoms with Crippen LogP contribution in [0.25, 0.3) is 11.1 Å². The lowest BCUT2D eigenvalue weighted by Crippen LogP contribution is -2.04. The van der Waals surface area contributed by atoms with Crippen molar-refractivity contribution in [3.8, 4) is 11.1 Å². The molecular formula is C18H18O3. The van der Waals surface area contributed by atoms with Crippen LogP contribution in [0.1, 0.15) is 11.1 Å². The molecule has 108 valence electrons. The van der Waals surface area contributed by atoms with Crippen LogP contribution in [0.5, 0.6) is 0 Å². The molecule has 2 aromatic rings. The first-order valence-electron chi connectivity index (χ1n) is 6.82. The summed E-state index contributed by atoms with van der Waals surface area (Å²) >= 11 is 0. The number of fused-ring (bicyclic) bond motifs is 3. The van der Waals surface area contributed by atoms with Crippen LogP contribution >= 0.6 is 0 Å².